The van der Waals surface area contributed by atoms with Gasteiger partial charge in [0.2, 0.25) is 0 Å². The second-order valence-corrected chi connectivity index (χ2v) is 6.40. The van der Waals surface area contributed by atoms with Crippen LogP contribution in [0.25, 0.3) is 16.7 Å². The minimum Gasteiger partial charge on any atom is -0.341 e. The van der Waals surface area contributed by atoms with Crippen molar-refractivity contribution in [1.82, 2.24) is 19.3 Å². The SMILES string of the molecule is Cc1ccc2c(n1)c(Br)cn2Cc1ccc(-n2cccn2)cc1. The van der Waals surface area contributed by atoms with Gasteiger partial charge in [-0.3, -0.25) is 4.98 Å². The summed E-state index contributed by atoms with van der Waals surface area (Å²) in [6.07, 6.45) is 5.82. The van der Waals surface area contributed by atoms with E-state index < -0.39 is 0 Å². The van der Waals surface area contributed by atoms with Gasteiger partial charge in [0.15, 0.2) is 0 Å². The molecule has 114 valence electrons. The smallest absolute Gasteiger partial charge is 0.103 e. The van der Waals surface area contributed by atoms with Gasteiger partial charge in [0.05, 0.1) is 15.7 Å². The van der Waals surface area contributed by atoms with Gasteiger partial charge < -0.3 is 4.57 Å². The van der Waals surface area contributed by atoms with E-state index >= 15 is 0 Å². The van der Waals surface area contributed by atoms with E-state index in [2.05, 4.69) is 67.1 Å². The molecule has 0 unspecified atom stereocenters. The molecule has 0 fully saturated rings. The van der Waals surface area contributed by atoms with Gasteiger partial charge in [-0.05, 0) is 58.7 Å². The number of benzene rings is 1. The Hall–Kier alpha value is -2.40. The number of hydrogen-bond acceptors (Lipinski definition) is 2. The average Bonchev–Trinajstić information content (AvgIpc) is 3.18. The van der Waals surface area contributed by atoms with Crippen molar-refractivity contribution in [1.29, 1.82) is 0 Å². The lowest BCUT2D eigenvalue weighted by atomic mass is 10.2. The van der Waals surface area contributed by atoms with Crippen molar-refractivity contribution in [2.45, 2.75) is 13.5 Å². The fourth-order valence-corrected chi connectivity index (χ4v) is 3.27. The van der Waals surface area contributed by atoms with Crippen LogP contribution in [0.2, 0.25) is 0 Å². The van der Waals surface area contributed by atoms with E-state index in [4.69, 9.17) is 0 Å². The second kappa shape index (κ2) is 5.66. The van der Waals surface area contributed by atoms with Crippen LogP contribution in [0.15, 0.2) is 65.5 Å². The molecule has 4 rings (SSSR count). The molecule has 3 aromatic heterocycles. The van der Waals surface area contributed by atoms with E-state index in [0.717, 1.165) is 33.4 Å². The van der Waals surface area contributed by atoms with Gasteiger partial charge in [-0.25, -0.2) is 4.68 Å². The van der Waals surface area contributed by atoms with Crippen LogP contribution >= 0.6 is 15.9 Å². The molecule has 3 heterocycles. The first-order valence-electron chi connectivity index (χ1n) is 7.42. The summed E-state index contributed by atoms with van der Waals surface area (Å²) in [4.78, 5) is 4.61. The summed E-state index contributed by atoms with van der Waals surface area (Å²) in [5, 5.41) is 4.25. The lowest BCUT2D eigenvalue weighted by Gasteiger charge is -2.07. The third-order valence-electron chi connectivity index (χ3n) is 3.88. The van der Waals surface area contributed by atoms with Crippen molar-refractivity contribution >= 4 is 27.0 Å². The highest BCUT2D eigenvalue weighted by Gasteiger charge is 2.08. The van der Waals surface area contributed by atoms with Crippen LogP contribution in [0, 0.1) is 6.92 Å². The van der Waals surface area contributed by atoms with Crippen LogP contribution < -0.4 is 0 Å². The molecule has 0 saturated heterocycles. The monoisotopic (exact) mass is 366 g/mol. The molecule has 0 aliphatic rings. The molecule has 0 spiro atoms. The molecule has 0 atom stereocenters. The highest BCUT2D eigenvalue weighted by atomic mass is 79.9. The van der Waals surface area contributed by atoms with Crippen LogP contribution in [0.1, 0.15) is 11.3 Å². The maximum atomic E-state index is 4.61. The minimum atomic E-state index is 0.812. The van der Waals surface area contributed by atoms with E-state index in [0.29, 0.717) is 0 Å². The van der Waals surface area contributed by atoms with E-state index in [1.165, 1.54) is 5.56 Å². The van der Waals surface area contributed by atoms with Gasteiger partial charge >= 0.3 is 0 Å². The second-order valence-electron chi connectivity index (χ2n) is 5.54. The van der Waals surface area contributed by atoms with Crippen LogP contribution in [-0.4, -0.2) is 19.3 Å². The third kappa shape index (κ3) is 2.68. The highest BCUT2D eigenvalue weighted by Crippen LogP contribution is 2.25. The Kier molecular flexibility index (Phi) is 3.50. The normalized spacial score (nSPS) is 11.2. The zero-order valence-electron chi connectivity index (χ0n) is 12.6. The standard InChI is InChI=1S/C18H15BrN4/c1-13-3-8-17-18(21-13)16(19)12-22(17)11-14-4-6-15(7-5-14)23-10-2-9-20-23/h2-10,12H,11H2,1H3. The number of aromatic nitrogens is 4. The number of rotatable bonds is 3. The molecule has 4 nitrogen and oxygen atoms in total. The van der Waals surface area contributed by atoms with Gasteiger partial charge in [-0.15, -0.1) is 0 Å². The summed E-state index contributed by atoms with van der Waals surface area (Å²) in [5.41, 5.74) is 5.48. The zero-order chi connectivity index (χ0) is 15.8. The number of pyridine rings is 1. The minimum absolute atomic E-state index is 0.812. The molecule has 0 amide bonds. The Morgan fingerprint density at radius 1 is 1.09 bits per heavy atom. The number of nitrogens with zero attached hydrogens (tertiary/aromatic N) is 4. The molecule has 0 aliphatic carbocycles. The fraction of sp³-hybridized carbons (Fsp3) is 0.111. The molecule has 0 aliphatic heterocycles. The summed E-state index contributed by atoms with van der Waals surface area (Å²) in [7, 11) is 0. The van der Waals surface area contributed by atoms with Gasteiger partial charge in [-0.1, -0.05) is 12.1 Å². The molecule has 1 aromatic carbocycles. The lowest BCUT2D eigenvalue weighted by molar-refractivity contribution is 0.830. The molecular weight excluding hydrogens is 352 g/mol. The van der Waals surface area contributed by atoms with Crippen LogP contribution in [-0.2, 0) is 6.54 Å². The first kappa shape index (κ1) is 14.2. The summed E-state index contributed by atoms with van der Waals surface area (Å²) >= 11 is 3.61. The maximum Gasteiger partial charge on any atom is 0.103 e. The Balaban J connectivity index is 1.66. The first-order chi connectivity index (χ1) is 11.2. The van der Waals surface area contributed by atoms with Crippen molar-refractivity contribution in [3.05, 3.63) is 76.8 Å². The molecular formula is C18H15BrN4. The van der Waals surface area contributed by atoms with E-state index in [1.807, 2.05) is 29.9 Å². The molecule has 0 saturated carbocycles. The van der Waals surface area contributed by atoms with Crippen molar-refractivity contribution in [2.24, 2.45) is 0 Å². The van der Waals surface area contributed by atoms with Gasteiger partial charge in [0.25, 0.3) is 0 Å². The number of fused-ring (bicyclic) bond motifs is 1. The number of halogens is 1. The quantitative estimate of drug-likeness (QED) is 0.540. The average molecular weight is 367 g/mol. The van der Waals surface area contributed by atoms with Gasteiger partial charge in [-0.2, -0.15) is 5.10 Å². The van der Waals surface area contributed by atoms with Crippen molar-refractivity contribution < 1.29 is 0 Å². The summed E-state index contributed by atoms with van der Waals surface area (Å²) in [6, 6.07) is 14.5. The Bertz CT molecular complexity index is 953. The Labute approximate surface area is 142 Å². The Morgan fingerprint density at radius 3 is 2.65 bits per heavy atom. The van der Waals surface area contributed by atoms with Crippen LogP contribution in [0.3, 0.4) is 0 Å². The number of hydrogen-bond donors (Lipinski definition) is 0. The molecule has 5 heteroatoms. The third-order valence-corrected chi connectivity index (χ3v) is 4.46. The highest BCUT2D eigenvalue weighted by molar-refractivity contribution is 9.10. The topological polar surface area (TPSA) is 35.6 Å². The maximum absolute atomic E-state index is 4.61. The van der Waals surface area contributed by atoms with Gasteiger partial charge in [0, 0.05) is 30.8 Å². The predicted octanol–water partition coefficient (Wildman–Crippen LogP) is 4.34. The van der Waals surface area contributed by atoms with Gasteiger partial charge in [0.1, 0.15) is 5.52 Å². The van der Waals surface area contributed by atoms with Crippen LogP contribution in [0.4, 0.5) is 0 Å². The molecule has 0 bridgehead atoms. The molecule has 0 radical (unpaired) electrons. The number of aryl methyl sites for hydroxylation is 1. The Morgan fingerprint density at radius 2 is 1.91 bits per heavy atom. The van der Waals surface area contributed by atoms with Crippen molar-refractivity contribution in [3.8, 4) is 5.69 Å². The largest absolute Gasteiger partial charge is 0.341 e. The zero-order valence-corrected chi connectivity index (χ0v) is 14.2. The van der Waals surface area contributed by atoms with Crippen molar-refractivity contribution in [3.63, 3.8) is 0 Å². The molecule has 23 heavy (non-hydrogen) atoms. The molecule has 0 N–H and O–H groups in total. The fourth-order valence-electron chi connectivity index (χ4n) is 2.73. The van der Waals surface area contributed by atoms with Crippen molar-refractivity contribution in [2.75, 3.05) is 0 Å². The summed E-state index contributed by atoms with van der Waals surface area (Å²) in [6.45, 7) is 2.82. The van der Waals surface area contributed by atoms with E-state index in [-0.39, 0.29) is 0 Å². The van der Waals surface area contributed by atoms with Crippen LogP contribution in [0.5, 0.6) is 0 Å². The first-order valence-corrected chi connectivity index (χ1v) is 8.21. The summed E-state index contributed by atoms with van der Waals surface area (Å²) in [5.74, 6) is 0. The van der Waals surface area contributed by atoms with E-state index in [9.17, 15) is 0 Å². The van der Waals surface area contributed by atoms with E-state index in [1.54, 1.807) is 6.20 Å². The summed E-state index contributed by atoms with van der Waals surface area (Å²) < 4.78 is 5.11. The lowest BCUT2D eigenvalue weighted by Crippen LogP contribution is -1.99. The molecule has 4 aromatic rings. The predicted molar refractivity (Wildman–Crippen MR) is 94.8 cm³/mol.